The minimum atomic E-state index is -0.174. The van der Waals surface area contributed by atoms with Crippen molar-refractivity contribution in [2.45, 2.75) is 20.4 Å². The molecule has 0 unspecified atom stereocenters. The third-order valence-corrected chi connectivity index (χ3v) is 4.72. The zero-order chi connectivity index (χ0) is 17.1. The van der Waals surface area contributed by atoms with Gasteiger partial charge in [0.15, 0.2) is 0 Å². The summed E-state index contributed by atoms with van der Waals surface area (Å²) in [5.74, 6) is 0.552. The number of hydrogen-bond donors (Lipinski definition) is 2. The Morgan fingerprint density at radius 1 is 1.38 bits per heavy atom. The van der Waals surface area contributed by atoms with Crippen molar-refractivity contribution < 1.29 is 9.53 Å². The van der Waals surface area contributed by atoms with Gasteiger partial charge in [-0.2, -0.15) is 5.10 Å². The van der Waals surface area contributed by atoms with Crippen LogP contribution in [0.15, 0.2) is 30.5 Å². The van der Waals surface area contributed by atoms with Gasteiger partial charge in [0.2, 0.25) is 0 Å². The number of aromatic nitrogens is 3. The van der Waals surface area contributed by atoms with Crippen LogP contribution in [0.1, 0.15) is 25.9 Å². The van der Waals surface area contributed by atoms with E-state index in [4.69, 9.17) is 4.74 Å². The van der Waals surface area contributed by atoms with Crippen molar-refractivity contribution in [3.63, 3.8) is 0 Å². The van der Waals surface area contributed by atoms with Gasteiger partial charge >= 0.3 is 0 Å². The molecule has 7 heteroatoms. The zero-order valence-corrected chi connectivity index (χ0v) is 14.5. The Labute approximate surface area is 143 Å². The highest BCUT2D eigenvalue weighted by molar-refractivity contribution is 7.11. The first-order valence-corrected chi connectivity index (χ1v) is 8.29. The van der Waals surface area contributed by atoms with Gasteiger partial charge < -0.3 is 10.1 Å². The number of nitrogens with one attached hydrogen (secondary N) is 2. The standard InChI is InChI=1S/C17H18N4O2S/c1-10-15(24-11(2)20-10)9-18-17(22)14-8-19-21-16(14)12-5-4-6-13(7-12)23-3/h4-8H,9H2,1-3H3,(H,18,22)(H,19,21). The van der Waals surface area contributed by atoms with Crippen LogP contribution in [0, 0.1) is 13.8 Å². The molecule has 0 fully saturated rings. The number of rotatable bonds is 5. The average molecular weight is 342 g/mol. The van der Waals surface area contributed by atoms with Gasteiger partial charge in [0.1, 0.15) is 5.75 Å². The van der Waals surface area contributed by atoms with E-state index in [1.807, 2.05) is 38.1 Å². The van der Waals surface area contributed by atoms with Gasteiger partial charge in [-0.3, -0.25) is 9.89 Å². The van der Waals surface area contributed by atoms with Crippen LogP contribution in [-0.4, -0.2) is 28.2 Å². The number of benzene rings is 1. The number of methoxy groups -OCH3 is 1. The lowest BCUT2D eigenvalue weighted by Gasteiger charge is -2.06. The molecule has 0 atom stereocenters. The number of H-pyrrole nitrogens is 1. The van der Waals surface area contributed by atoms with Crippen molar-refractivity contribution in [3.05, 3.63) is 51.6 Å². The van der Waals surface area contributed by atoms with E-state index in [0.29, 0.717) is 17.8 Å². The normalized spacial score (nSPS) is 10.6. The summed E-state index contributed by atoms with van der Waals surface area (Å²) in [5, 5.41) is 10.8. The second kappa shape index (κ2) is 6.84. The van der Waals surface area contributed by atoms with Gasteiger partial charge in [-0.25, -0.2) is 4.98 Å². The fourth-order valence-electron chi connectivity index (χ4n) is 2.45. The number of aromatic amines is 1. The van der Waals surface area contributed by atoms with Gasteiger partial charge in [0, 0.05) is 10.4 Å². The van der Waals surface area contributed by atoms with E-state index >= 15 is 0 Å². The fraction of sp³-hybridized carbons (Fsp3) is 0.235. The molecule has 3 aromatic rings. The van der Waals surface area contributed by atoms with Gasteiger partial charge in [-0.05, 0) is 26.0 Å². The number of carbonyl (C=O) groups is 1. The second-order valence-corrected chi connectivity index (χ2v) is 6.60. The molecule has 0 aliphatic carbocycles. The smallest absolute Gasteiger partial charge is 0.255 e. The molecule has 0 saturated carbocycles. The lowest BCUT2D eigenvalue weighted by Crippen LogP contribution is -2.22. The molecule has 0 radical (unpaired) electrons. The molecule has 3 rings (SSSR count). The van der Waals surface area contributed by atoms with Gasteiger partial charge in [0.05, 0.1) is 41.8 Å². The summed E-state index contributed by atoms with van der Waals surface area (Å²) < 4.78 is 5.23. The molecule has 0 aliphatic heterocycles. The van der Waals surface area contributed by atoms with Crippen LogP contribution in [0.25, 0.3) is 11.3 Å². The molecule has 1 aromatic carbocycles. The molecule has 0 saturated heterocycles. The Kier molecular flexibility index (Phi) is 4.61. The minimum absolute atomic E-state index is 0.174. The molecule has 24 heavy (non-hydrogen) atoms. The lowest BCUT2D eigenvalue weighted by atomic mass is 10.1. The minimum Gasteiger partial charge on any atom is -0.497 e. The summed E-state index contributed by atoms with van der Waals surface area (Å²) in [6.07, 6.45) is 1.54. The Bertz CT molecular complexity index is 869. The molecule has 0 spiro atoms. The van der Waals surface area contributed by atoms with E-state index in [-0.39, 0.29) is 5.91 Å². The number of hydrogen-bond acceptors (Lipinski definition) is 5. The fourth-order valence-corrected chi connectivity index (χ4v) is 3.33. The largest absolute Gasteiger partial charge is 0.497 e. The molecule has 0 aliphatic rings. The topological polar surface area (TPSA) is 79.9 Å². The zero-order valence-electron chi connectivity index (χ0n) is 13.7. The molecule has 2 heterocycles. The third kappa shape index (κ3) is 3.30. The van der Waals surface area contributed by atoms with Crippen molar-refractivity contribution >= 4 is 17.2 Å². The summed E-state index contributed by atoms with van der Waals surface area (Å²) >= 11 is 1.59. The van der Waals surface area contributed by atoms with Crippen LogP contribution in [0.3, 0.4) is 0 Å². The summed E-state index contributed by atoms with van der Waals surface area (Å²) in [4.78, 5) is 18.0. The van der Waals surface area contributed by atoms with Gasteiger partial charge in [-0.1, -0.05) is 12.1 Å². The Morgan fingerprint density at radius 2 is 2.21 bits per heavy atom. The van der Waals surface area contributed by atoms with Crippen LogP contribution in [-0.2, 0) is 6.54 Å². The SMILES string of the molecule is COc1cccc(-c2[nH]ncc2C(=O)NCc2sc(C)nc2C)c1. The first kappa shape index (κ1) is 16.2. The van der Waals surface area contributed by atoms with E-state index in [2.05, 4.69) is 20.5 Å². The van der Waals surface area contributed by atoms with Crippen LogP contribution < -0.4 is 10.1 Å². The molecule has 2 aromatic heterocycles. The highest BCUT2D eigenvalue weighted by atomic mass is 32.1. The maximum absolute atomic E-state index is 12.5. The molecule has 2 N–H and O–H groups in total. The highest BCUT2D eigenvalue weighted by Crippen LogP contribution is 2.25. The van der Waals surface area contributed by atoms with Gasteiger partial charge in [0.25, 0.3) is 5.91 Å². The number of amides is 1. The van der Waals surface area contributed by atoms with Crippen molar-refractivity contribution in [1.82, 2.24) is 20.5 Å². The Balaban J connectivity index is 1.79. The molecular weight excluding hydrogens is 324 g/mol. The number of thiazole rings is 1. The van der Waals surface area contributed by atoms with E-state index in [1.165, 1.54) is 6.20 Å². The monoisotopic (exact) mass is 342 g/mol. The number of aryl methyl sites for hydroxylation is 2. The quantitative estimate of drug-likeness (QED) is 0.747. The maximum Gasteiger partial charge on any atom is 0.255 e. The first-order valence-electron chi connectivity index (χ1n) is 7.47. The van der Waals surface area contributed by atoms with E-state index in [1.54, 1.807) is 18.4 Å². The van der Waals surface area contributed by atoms with Crippen molar-refractivity contribution in [3.8, 4) is 17.0 Å². The summed E-state index contributed by atoms with van der Waals surface area (Å²) in [5.41, 5.74) is 2.98. The summed E-state index contributed by atoms with van der Waals surface area (Å²) in [7, 11) is 1.61. The Morgan fingerprint density at radius 3 is 2.92 bits per heavy atom. The van der Waals surface area contributed by atoms with Crippen molar-refractivity contribution in [2.75, 3.05) is 7.11 Å². The Hall–Kier alpha value is -2.67. The molecule has 124 valence electrons. The third-order valence-electron chi connectivity index (χ3n) is 3.65. The van der Waals surface area contributed by atoms with Crippen LogP contribution >= 0.6 is 11.3 Å². The van der Waals surface area contributed by atoms with Crippen molar-refractivity contribution in [2.24, 2.45) is 0 Å². The number of ether oxygens (including phenoxy) is 1. The first-order chi connectivity index (χ1) is 11.6. The predicted octanol–water partition coefficient (Wildman–Crippen LogP) is 3.09. The molecule has 6 nitrogen and oxygen atoms in total. The summed E-state index contributed by atoms with van der Waals surface area (Å²) in [6.45, 7) is 4.36. The summed E-state index contributed by atoms with van der Waals surface area (Å²) in [6, 6.07) is 7.50. The molecule has 0 bridgehead atoms. The maximum atomic E-state index is 12.5. The van der Waals surface area contributed by atoms with Crippen LogP contribution in [0.4, 0.5) is 0 Å². The van der Waals surface area contributed by atoms with Crippen molar-refractivity contribution in [1.29, 1.82) is 0 Å². The van der Waals surface area contributed by atoms with E-state index < -0.39 is 0 Å². The second-order valence-electron chi connectivity index (χ2n) is 5.31. The van der Waals surface area contributed by atoms with E-state index in [0.717, 1.165) is 26.9 Å². The number of carbonyl (C=O) groups excluding carboxylic acids is 1. The number of nitrogens with zero attached hydrogens (tertiary/aromatic N) is 2. The average Bonchev–Trinajstić information content (AvgIpc) is 3.19. The molecule has 1 amide bonds. The van der Waals surface area contributed by atoms with E-state index in [9.17, 15) is 4.79 Å². The molecular formula is C17H18N4O2S. The highest BCUT2D eigenvalue weighted by Gasteiger charge is 2.16. The van der Waals surface area contributed by atoms with Crippen LogP contribution in [0.2, 0.25) is 0 Å². The lowest BCUT2D eigenvalue weighted by molar-refractivity contribution is 0.0952. The predicted molar refractivity (Wildman–Crippen MR) is 93.3 cm³/mol. The van der Waals surface area contributed by atoms with Crippen LogP contribution in [0.5, 0.6) is 5.75 Å². The van der Waals surface area contributed by atoms with Gasteiger partial charge in [-0.15, -0.1) is 11.3 Å².